The van der Waals surface area contributed by atoms with Crippen LogP contribution in [0, 0.1) is 0 Å². The van der Waals surface area contributed by atoms with Crippen molar-refractivity contribution in [3.8, 4) is 17.2 Å². The zero-order chi connectivity index (χ0) is 24.2. The Hall–Kier alpha value is -3.48. The number of likely N-dealkylation sites (tertiary alicyclic amines) is 1. The molecule has 1 heterocycles. The standard InChI is InChI=1S/C27H31NO6/c1-4-15-34-20-12-9-17(10-13-20)24-23(26(30)27(31)28(24)19-7-5-6-8-19)25(29)18-11-14-21(32-2)22(16-18)33-3/h9-14,16,19,24,29H,4-8,15H2,1-3H3/b25-23-. The minimum atomic E-state index is -0.671. The second-order valence-corrected chi connectivity index (χ2v) is 8.63. The Balaban J connectivity index is 1.82. The van der Waals surface area contributed by atoms with Crippen LogP contribution in [0.5, 0.6) is 17.2 Å². The van der Waals surface area contributed by atoms with Gasteiger partial charge in [-0.25, -0.2) is 0 Å². The summed E-state index contributed by atoms with van der Waals surface area (Å²) in [5.74, 6) is 0.190. The third kappa shape index (κ3) is 4.34. The summed E-state index contributed by atoms with van der Waals surface area (Å²) in [6, 6.07) is 11.6. The first-order valence-electron chi connectivity index (χ1n) is 11.7. The zero-order valence-corrected chi connectivity index (χ0v) is 19.9. The van der Waals surface area contributed by atoms with Crippen LogP contribution >= 0.6 is 0 Å². The van der Waals surface area contributed by atoms with Crippen molar-refractivity contribution < 1.29 is 28.9 Å². The first-order valence-corrected chi connectivity index (χ1v) is 11.7. The molecule has 7 nitrogen and oxygen atoms in total. The number of hydrogen-bond acceptors (Lipinski definition) is 6. The predicted molar refractivity (Wildman–Crippen MR) is 128 cm³/mol. The van der Waals surface area contributed by atoms with E-state index < -0.39 is 17.7 Å². The van der Waals surface area contributed by atoms with E-state index in [1.807, 2.05) is 31.2 Å². The van der Waals surface area contributed by atoms with E-state index in [2.05, 4.69) is 0 Å². The van der Waals surface area contributed by atoms with Gasteiger partial charge in [0.25, 0.3) is 11.7 Å². The molecule has 2 fully saturated rings. The van der Waals surface area contributed by atoms with Gasteiger partial charge in [-0.1, -0.05) is 31.9 Å². The Labute approximate surface area is 199 Å². The van der Waals surface area contributed by atoms with Gasteiger partial charge in [0.1, 0.15) is 11.5 Å². The van der Waals surface area contributed by atoms with Crippen molar-refractivity contribution in [3.05, 3.63) is 59.2 Å². The van der Waals surface area contributed by atoms with E-state index in [1.165, 1.54) is 14.2 Å². The lowest BCUT2D eigenvalue weighted by molar-refractivity contribution is -0.141. The molecule has 180 valence electrons. The molecule has 1 amide bonds. The number of aliphatic hydroxyl groups excluding tert-OH is 1. The lowest BCUT2D eigenvalue weighted by atomic mass is 9.94. The Bertz CT molecular complexity index is 1080. The molecular weight excluding hydrogens is 434 g/mol. The number of methoxy groups -OCH3 is 2. The van der Waals surface area contributed by atoms with E-state index >= 15 is 0 Å². The lowest BCUT2D eigenvalue weighted by Gasteiger charge is -2.30. The van der Waals surface area contributed by atoms with Gasteiger partial charge in [0.2, 0.25) is 0 Å². The molecule has 7 heteroatoms. The first kappa shape index (κ1) is 23.7. The molecule has 1 unspecified atom stereocenters. The number of hydrogen-bond donors (Lipinski definition) is 1. The zero-order valence-electron chi connectivity index (χ0n) is 19.9. The highest BCUT2D eigenvalue weighted by Gasteiger charge is 2.49. The van der Waals surface area contributed by atoms with E-state index in [9.17, 15) is 14.7 Å². The smallest absolute Gasteiger partial charge is 0.295 e. The van der Waals surface area contributed by atoms with Crippen LogP contribution in [0.15, 0.2) is 48.0 Å². The number of rotatable bonds is 8. The highest BCUT2D eigenvalue weighted by atomic mass is 16.5. The Morgan fingerprint density at radius 3 is 2.29 bits per heavy atom. The van der Waals surface area contributed by atoms with Crippen LogP contribution in [0.3, 0.4) is 0 Å². The van der Waals surface area contributed by atoms with Crippen molar-refractivity contribution in [2.45, 2.75) is 51.1 Å². The summed E-state index contributed by atoms with van der Waals surface area (Å²) in [4.78, 5) is 28.2. The van der Waals surface area contributed by atoms with Crippen LogP contribution in [0.1, 0.15) is 56.2 Å². The van der Waals surface area contributed by atoms with Crippen LogP contribution in [-0.2, 0) is 9.59 Å². The molecule has 34 heavy (non-hydrogen) atoms. The van der Waals surface area contributed by atoms with Crippen molar-refractivity contribution in [3.63, 3.8) is 0 Å². The van der Waals surface area contributed by atoms with Crippen molar-refractivity contribution in [1.29, 1.82) is 0 Å². The van der Waals surface area contributed by atoms with Gasteiger partial charge >= 0.3 is 0 Å². The molecule has 1 N–H and O–H groups in total. The molecule has 1 aliphatic carbocycles. The van der Waals surface area contributed by atoms with Gasteiger partial charge in [0.05, 0.1) is 32.4 Å². The van der Waals surface area contributed by atoms with Crippen LogP contribution < -0.4 is 14.2 Å². The number of carbonyl (C=O) groups is 2. The summed E-state index contributed by atoms with van der Waals surface area (Å²) in [7, 11) is 3.03. The van der Waals surface area contributed by atoms with Crippen LogP contribution in [0.25, 0.3) is 5.76 Å². The van der Waals surface area contributed by atoms with E-state index in [4.69, 9.17) is 14.2 Å². The topological polar surface area (TPSA) is 85.3 Å². The molecule has 2 aromatic carbocycles. The van der Waals surface area contributed by atoms with Crippen molar-refractivity contribution in [2.75, 3.05) is 20.8 Å². The molecule has 0 aromatic heterocycles. The molecule has 1 aliphatic heterocycles. The SMILES string of the molecule is CCCOc1ccc(C2/C(=C(/O)c3ccc(OC)c(OC)c3)C(=O)C(=O)N2C2CCCC2)cc1. The number of ketones is 1. The minimum absolute atomic E-state index is 0.0341. The molecule has 1 saturated carbocycles. The quantitative estimate of drug-likeness (QED) is 0.341. The number of benzene rings is 2. The lowest BCUT2D eigenvalue weighted by Crippen LogP contribution is -2.37. The monoisotopic (exact) mass is 465 g/mol. The third-order valence-corrected chi connectivity index (χ3v) is 6.52. The van der Waals surface area contributed by atoms with E-state index in [-0.39, 0.29) is 17.4 Å². The largest absolute Gasteiger partial charge is 0.507 e. The Morgan fingerprint density at radius 2 is 1.68 bits per heavy atom. The molecule has 0 spiro atoms. The number of amides is 1. The molecule has 1 saturated heterocycles. The van der Waals surface area contributed by atoms with Crippen molar-refractivity contribution in [2.24, 2.45) is 0 Å². The van der Waals surface area contributed by atoms with Crippen LogP contribution in [0.2, 0.25) is 0 Å². The fourth-order valence-corrected chi connectivity index (χ4v) is 4.84. The number of aliphatic hydroxyl groups is 1. The number of carbonyl (C=O) groups excluding carboxylic acids is 2. The maximum absolute atomic E-state index is 13.3. The van der Waals surface area contributed by atoms with Gasteiger partial charge in [0, 0.05) is 11.6 Å². The molecule has 0 bridgehead atoms. The summed E-state index contributed by atoms with van der Waals surface area (Å²) >= 11 is 0. The molecular formula is C27H31NO6. The average molecular weight is 466 g/mol. The minimum Gasteiger partial charge on any atom is -0.507 e. The number of nitrogens with zero attached hydrogens (tertiary/aromatic N) is 1. The Morgan fingerprint density at radius 1 is 1.00 bits per heavy atom. The van der Waals surface area contributed by atoms with Gasteiger partial charge in [-0.2, -0.15) is 0 Å². The maximum atomic E-state index is 13.3. The van der Waals surface area contributed by atoms with Gasteiger partial charge in [0.15, 0.2) is 11.5 Å². The second-order valence-electron chi connectivity index (χ2n) is 8.63. The van der Waals surface area contributed by atoms with Gasteiger partial charge < -0.3 is 24.2 Å². The molecule has 4 rings (SSSR count). The fourth-order valence-electron chi connectivity index (χ4n) is 4.84. The van der Waals surface area contributed by atoms with E-state index in [0.29, 0.717) is 23.7 Å². The number of ether oxygens (including phenoxy) is 3. The highest BCUT2D eigenvalue weighted by molar-refractivity contribution is 6.46. The normalized spacial score (nSPS) is 20.1. The third-order valence-electron chi connectivity index (χ3n) is 6.52. The molecule has 2 aliphatic rings. The summed E-state index contributed by atoms with van der Waals surface area (Å²) in [6.07, 6.45) is 4.61. The average Bonchev–Trinajstić information content (AvgIpc) is 3.48. The summed E-state index contributed by atoms with van der Waals surface area (Å²) in [6.45, 7) is 2.65. The predicted octanol–water partition coefficient (Wildman–Crippen LogP) is 4.86. The molecule has 0 radical (unpaired) electrons. The van der Waals surface area contributed by atoms with Gasteiger partial charge in [-0.3, -0.25) is 9.59 Å². The second kappa shape index (κ2) is 10.2. The Kier molecular flexibility index (Phi) is 7.10. The summed E-state index contributed by atoms with van der Waals surface area (Å²) in [5, 5.41) is 11.3. The molecule has 2 aromatic rings. The summed E-state index contributed by atoms with van der Waals surface area (Å²) in [5.41, 5.74) is 1.23. The fraction of sp³-hybridized carbons (Fsp3) is 0.407. The maximum Gasteiger partial charge on any atom is 0.295 e. The van der Waals surface area contributed by atoms with Crippen LogP contribution in [0.4, 0.5) is 0 Å². The first-order chi connectivity index (χ1) is 16.5. The van der Waals surface area contributed by atoms with E-state index in [1.54, 1.807) is 23.1 Å². The van der Waals surface area contributed by atoms with Crippen molar-refractivity contribution >= 4 is 17.4 Å². The van der Waals surface area contributed by atoms with Crippen LogP contribution in [-0.4, -0.2) is 48.6 Å². The highest BCUT2D eigenvalue weighted by Crippen LogP contribution is 2.44. The van der Waals surface area contributed by atoms with Gasteiger partial charge in [-0.05, 0) is 55.2 Å². The summed E-state index contributed by atoms with van der Waals surface area (Å²) < 4.78 is 16.3. The van der Waals surface area contributed by atoms with Crippen molar-refractivity contribution in [1.82, 2.24) is 4.90 Å². The molecule has 1 atom stereocenters. The number of Topliss-reactive ketones (excluding diaryl/α,β-unsaturated/α-hetero) is 1. The van der Waals surface area contributed by atoms with Gasteiger partial charge in [-0.15, -0.1) is 0 Å². The van der Waals surface area contributed by atoms with E-state index in [0.717, 1.165) is 43.4 Å².